The summed E-state index contributed by atoms with van der Waals surface area (Å²) in [6.07, 6.45) is -3.12. The summed E-state index contributed by atoms with van der Waals surface area (Å²) in [7, 11) is 0. The van der Waals surface area contributed by atoms with E-state index in [0.717, 1.165) is 40.1 Å². The topological polar surface area (TPSA) is 29.5 Å². The van der Waals surface area contributed by atoms with Crippen molar-refractivity contribution in [3.8, 4) is 23.3 Å². The average Bonchev–Trinajstić information content (AvgIpc) is 2.62. The molecule has 0 spiro atoms. The molecule has 142 valence electrons. The summed E-state index contributed by atoms with van der Waals surface area (Å²) < 4.78 is 44.8. The van der Waals surface area contributed by atoms with E-state index in [4.69, 9.17) is 4.74 Å². The van der Waals surface area contributed by atoms with Crippen LogP contribution in [-0.2, 0) is 12.6 Å². The van der Waals surface area contributed by atoms with Gasteiger partial charge in [0.25, 0.3) is 0 Å². The van der Waals surface area contributed by atoms with E-state index in [1.54, 1.807) is 6.07 Å². The highest BCUT2D eigenvalue weighted by Crippen LogP contribution is 2.43. The van der Waals surface area contributed by atoms with Crippen LogP contribution in [0.5, 0.6) is 11.5 Å². The quantitative estimate of drug-likeness (QED) is 0.620. The van der Waals surface area contributed by atoms with Crippen molar-refractivity contribution in [3.63, 3.8) is 0 Å². The lowest BCUT2D eigenvalue weighted by Crippen LogP contribution is -2.35. The minimum atomic E-state index is -4.39. The van der Waals surface area contributed by atoms with Crippen molar-refractivity contribution in [2.75, 3.05) is 0 Å². The number of halogens is 3. The summed E-state index contributed by atoms with van der Waals surface area (Å²) in [5, 5.41) is 10.2. The van der Waals surface area contributed by atoms with Crippen molar-refractivity contribution in [2.45, 2.75) is 52.3 Å². The molecule has 1 aliphatic heterocycles. The van der Waals surface area contributed by atoms with Crippen LogP contribution in [0.1, 0.15) is 46.7 Å². The SMILES string of the molecule is Cc1c(C)c2c(c(C)c1O)CCC(C)(C#Cc1cccc(C(F)(F)F)c1)O2. The third kappa shape index (κ3) is 3.62. The Kier molecular flexibility index (Phi) is 4.63. The smallest absolute Gasteiger partial charge is 0.416 e. The number of fused-ring (bicyclic) bond motifs is 1. The van der Waals surface area contributed by atoms with Gasteiger partial charge in [-0.25, -0.2) is 0 Å². The Balaban J connectivity index is 1.95. The second kappa shape index (κ2) is 6.53. The number of ether oxygens (including phenoxy) is 1. The van der Waals surface area contributed by atoms with Gasteiger partial charge in [0.05, 0.1) is 5.56 Å². The molecule has 1 unspecified atom stereocenters. The lowest BCUT2D eigenvalue weighted by molar-refractivity contribution is -0.137. The van der Waals surface area contributed by atoms with Crippen LogP contribution < -0.4 is 4.74 Å². The van der Waals surface area contributed by atoms with Gasteiger partial charge in [0.15, 0.2) is 5.60 Å². The first kappa shape index (κ1) is 19.2. The molecule has 0 bridgehead atoms. The second-order valence-electron chi connectivity index (χ2n) is 7.19. The Bertz CT molecular complexity index is 964. The first-order valence-electron chi connectivity index (χ1n) is 8.73. The zero-order valence-corrected chi connectivity index (χ0v) is 15.7. The van der Waals surface area contributed by atoms with Gasteiger partial charge in [-0.1, -0.05) is 17.9 Å². The van der Waals surface area contributed by atoms with Gasteiger partial charge in [0, 0.05) is 17.5 Å². The fourth-order valence-corrected chi connectivity index (χ4v) is 3.31. The van der Waals surface area contributed by atoms with Crippen molar-refractivity contribution < 1.29 is 23.0 Å². The normalized spacial score (nSPS) is 18.9. The number of phenolic OH excluding ortho intramolecular Hbond substituents is 1. The predicted molar refractivity (Wildman–Crippen MR) is 98.0 cm³/mol. The minimum Gasteiger partial charge on any atom is -0.507 e. The molecule has 0 fully saturated rings. The van der Waals surface area contributed by atoms with Crippen molar-refractivity contribution in [1.82, 2.24) is 0 Å². The molecule has 2 aromatic carbocycles. The first-order chi connectivity index (χ1) is 12.5. The van der Waals surface area contributed by atoms with Crippen LogP contribution in [0.3, 0.4) is 0 Å². The van der Waals surface area contributed by atoms with E-state index < -0.39 is 17.3 Å². The third-order valence-corrected chi connectivity index (χ3v) is 5.18. The molecule has 2 nitrogen and oxygen atoms in total. The van der Waals surface area contributed by atoms with Crippen LogP contribution in [0.15, 0.2) is 24.3 Å². The van der Waals surface area contributed by atoms with Crippen molar-refractivity contribution >= 4 is 0 Å². The molecule has 0 radical (unpaired) electrons. The minimum absolute atomic E-state index is 0.286. The molecular formula is C22H21F3O2. The summed E-state index contributed by atoms with van der Waals surface area (Å²) >= 11 is 0. The maximum absolute atomic E-state index is 12.9. The monoisotopic (exact) mass is 374 g/mol. The molecular weight excluding hydrogens is 353 g/mol. The molecule has 3 rings (SSSR count). The van der Waals surface area contributed by atoms with Crippen LogP contribution in [0.2, 0.25) is 0 Å². The second-order valence-corrected chi connectivity index (χ2v) is 7.19. The molecule has 0 saturated carbocycles. The van der Waals surface area contributed by atoms with Crippen molar-refractivity contribution in [3.05, 3.63) is 57.6 Å². The summed E-state index contributed by atoms with van der Waals surface area (Å²) in [6, 6.07) is 4.98. The van der Waals surface area contributed by atoms with E-state index in [1.807, 2.05) is 27.7 Å². The molecule has 0 aliphatic carbocycles. The highest BCUT2D eigenvalue weighted by atomic mass is 19.4. The summed E-state index contributed by atoms with van der Waals surface area (Å²) in [6.45, 7) is 7.43. The fourth-order valence-electron chi connectivity index (χ4n) is 3.31. The molecule has 2 aromatic rings. The van der Waals surface area contributed by atoms with Gasteiger partial charge in [-0.15, -0.1) is 0 Å². The lowest BCUT2D eigenvalue weighted by Gasteiger charge is -2.34. The van der Waals surface area contributed by atoms with E-state index in [0.29, 0.717) is 18.4 Å². The molecule has 1 aliphatic rings. The molecule has 0 aromatic heterocycles. The van der Waals surface area contributed by atoms with E-state index >= 15 is 0 Å². The Morgan fingerprint density at radius 2 is 1.81 bits per heavy atom. The van der Waals surface area contributed by atoms with Crippen LogP contribution >= 0.6 is 0 Å². The predicted octanol–water partition coefficient (Wildman–Crippen LogP) is 5.47. The number of hydrogen-bond acceptors (Lipinski definition) is 2. The summed E-state index contributed by atoms with van der Waals surface area (Å²) in [5.74, 6) is 6.85. The van der Waals surface area contributed by atoms with Gasteiger partial charge in [-0.3, -0.25) is 0 Å². The van der Waals surface area contributed by atoms with Gasteiger partial charge in [-0.2, -0.15) is 13.2 Å². The molecule has 1 N–H and O–H groups in total. The van der Waals surface area contributed by atoms with Crippen molar-refractivity contribution in [1.29, 1.82) is 0 Å². The summed E-state index contributed by atoms with van der Waals surface area (Å²) in [5.41, 5.74) is 2.18. The molecule has 27 heavy (non-hydrogen) atoms. The third-order valence-electron chi connectivity index (χ3n) is 5.18. The highest BCUT2D eigenvalue weighted by molar-refractivity contribution is 5.59. The van der Waals surface area contributed by atoms with Crippen LogP contribution in [0.4, 0.5) is 13.2 Å². The number of hydrogen-bond donors (Lipinski definition) is 1. The van der Waals surface area contributed by atoms with E-state index in [9.17, 15) is 18.3 Å². The fraction of sp³-hybridized carbons (Fsp3) is 0.364. The summed E-state index contributed by atoms with van der Waals surface area (Å²) in [4.78, 5) is 0. The number of benzene rings is 2. The number of phenols is 1. The Hall–Kier alpha value is -2.61. The number of rotatable bonds is 0. The molecule has 1 atom stereocenters. The standard InChI is InChI=1S/C22H21F3O2/c1-13-14(2)20-18(15(3)19(13)26)9-11-21(4,27-20)10-8-16-6-5-7-17(12-16)22(23,24)25/h5-7,12,26H,9,11H2,1-4H3. The molecule has 0 amide bonds. The number of alkyl halides is 3. The average molecular weight is 374 g/mol. The van der Waals surface area contributed by atoms with Crippen LogP contribution in [-0.4, -0.2) is 10.7 Å². The largest absolute Gasteiger partial charge is 0.507 e. The van der Waals surface area contributed by atoms with Crippen molar-refractivity contribution in [2.24, 2.45) is 0 Å². The zero-order valence-electron chi connectivity index (χ0n) is 15.7. The molecule has 1 heterocycles. The maximum atomic E-state index is 12.9. The molecule has 0 saturated heterocycles. The Morgan fingerprint density at radius 1 is 1.11 bits per heavy atom. The van der Waals surface area contributed by atoms with E-state index in [2.05, 4.69) is 11.8 Å². The Morgan fingerprint density at radius 3 is 2.48 bits per heavy atom. The van der Waals surface area contributed by atoms with Gasteiger partial charge in [0.1, 0.15) is 11.5 Å². The van der Waals surface area contributed by atoms with Crippen LogP contribution in [0, 0.1) is 32.6 Å². The van der Waals surface area contributed by atoms with Gasteiger partial charge >= 0.3 is 6.18 Å². The zero-order chi connectivity index (χ0) is 20.0. The highest BCUT2D eigenvalue weighted by Gasteiger charge is 2.33. The first-order valence-corrected chi connectivity index (χ1v) is 8.73. The molecule has 5 heteroatoms. The maximum Gasteiger partial charge on any atom is 0.416 e. The van der Waals surface area contributed by atoms with Gasteiger partial charge in [-0.05, 0) is 69.0 Å². The number of aromatic hydroxyl groups is 1. The van der Waals surface area contributed by atoms with E-state index in [1.165, 1.54) is 6.07 Å². The van der Waals surface area contributed by atoms with Gasteiger partial charge in [0.2, 0.25) is 0 Å². The van der Waals surface area contributed by atoms with Gasteiger partial charge < -0.3 is 9.84 Å². The Labute approximate surface area is 157 Å². The van der Waals surface area contributed by atoms with Crippen LogP contribution in [0.25, 0.3) is 0 Å². The lowest BCUT2D eigenvalue weighted by atomic mass is 9.87. The van der Waals surface area contributed by atoms with E-state index in [-0.39, 0.29) is 5.75 Å².